The Morgan fingerprint density at radius 3 is 3.22 bits per heavy atom. The van der Waals surface area contributed by atoms with Gasteiger partial charge in [-0.25, -0.2) is 0 Å². The quantitative estimate of drug-likeness (QED) is 0.432. The number of nitrogens with zero attached hydrogens (tertiary/aromatic N) is 1. The highest BCUT2D eigenvalue weighted by atomic mass is 14.7. The van der Waals surface area contributed by atoms with Gasteiger partial charge in [-0.1, -0.05) is 12.2 Å². The van der Waals surface area contributed by atoms with Crippen molar-refractivity contribution in [3.8, 4) is 0 Å². The average molecular weight is 121 g/mol. The maximum atomic E-state index is 4.25. The van der Waals surface area contributed by atoms with Crippen LogP contribution in [0.4, 0.5) is 0 Å². The molecule has 2 aliphatic rings. The standard InChI is InChI=1S/C8H11N/c1-2-7-4-5-9-6-8(7)3-1/h1-2,5,7-8H,3-4,6H2. The Morgan fingerprint density at radius 2 is 2.33 bits per heavy atom. The molecule has 0 saturated carbocycles. The molecule has 0 fully saturated rings. The molecular weight excluding hydrogens is 110 g/mol. The van der Waals surface area contributed by atoms with Crippen LogP contribution in [0.15, 0.2) is 17.1 Å². The third-order valence-corrected chi connectivity index (χ3v) is 2.27. The monoisotopic (exact) mass is 121 g/mol. The number of allylic oxidation sites excluding steroid dienone is 2. The Balaban J connectivity index is 2.13. The van der Waals surface area contributed by atoms with Crippen molar-refractivity contribution in [1.29, 1.82) is 0 Å². The van der Waals surface area contributed by atoms with Gasteiger partial charge in [0.2, 0.25) is 0 Å². The van der Waals surface area contributed by atoms with Crippen molar-refractivity contribution in [1.82, 2.24) is 0 Å². The molecule has 0 bridgehead atoms. The van der Waals surface area contributed by atoms with Crippen molar-refractivity contribution in [3.63, 3.8) is 0 Å². The number of aliphatic imine (C=N–C) groups is 1. The predicted molar refractivity (Wildman–Crippen MR) is 38.7 cm³/mol. The van der Waals surface area contributed by atoms with Crippen LogP contribution in [0.25, 0.3) is 0 Å². The lowest BCUT2D eigenvalue weighted by Gasteiger charge is -2.18. The van der Waals surface area contributed by atoms with Gasteiger partial charge in [-0.05, 0) is 30.9 Å². The lowest BCUT2D eigenvalue weighted by Crippen LogP contribution is -2.16. The molecule has 1 heteroatoms. The fourth-order valence-electron chi connectivity index (χ4n) is 1.65. The van der Waals surface area contributed by atoms with Gasteiger partial charge in [0.1, 0.15) is 0 Å². The number of rotatable bonds is 0. The second-order valence-corrected chi connectivity index (χ2v) is 2.87. The summed E-state index contributed by atoms with van der Waals surface area (Å²) in [5.41, 5.74) is 0. The van der Waals surface area contributed by atoms with Crippen molar-refractivity contribution in [3.05, 3.63) is 12.2 Å². The summed E-state index contributed by atoms with van der Waals surface area (Å²) in [4.78, 5) is 4.25. The van der Waals surface area contributed by atoms with Crippen molar-refractivity contribution in [2.45, 2.75) is 12.8 Å². The van der Waals surface area contributed by atoms with E-state index in [0.29, 0.717) is 0 Å². The summed E-state index contributed by atoms with van der Waals surface area (Å²) >= 11 is 0. The number of fused-ring (bicyclic) bond motifs is 1. The van der Waals surface area contributed by atoms with Crippen LogP contribution >= 0.6 is 0 Å². The van der Waals surface area contributed by atoms with Gasteiger partial charge < -0.3 is 0 Å². The van der Waals surface area contributed by atoms with Crippen molar-refractivity contribution in [2.75, 3.05) is 6.54 Å². The Hall–Kier alpha value is -0.590. The van der Waals surface area contributed by atoms with Crippen LogP contribution in [0.1, 0.15) is 12.8 Å². The third kappa shape index (κ3) is 0.805. The van der Waals surface area contributed by atoms with Crippen LogP contribution < -0.4 is 0 Å². The predicted octanol–water partition coefficient (Wildman–Crippen LogP) is 1.65. The summed E-state index contributed by atoms with van der Waals surface area (Å²) in [6.07, 6.45) is 9.15. The van der Waals surface area contributed by atoms with Crippen LogP contribution in [0.5, 0.6) is 0 Å². The van der Waals surface area contributed by atoms with Crippen LogP contribution in [0.3, 0.4) is 0 Å². The minimum absolute atomic E-state index is 0.836. The molecule has 1 aliphatic heterocycles. The molecule has 2 atom stereocenters. The second kappa shape index (κ2) is 1.98. The number of hydrogen-bond acceptors (Lipinski definition) is 1. The fourth-order valence-corrected chi connectivity index (χ4v) is 1.65. The van der Waals surface area contributed by atoms with E-state index in [-0.39, 0.29) is 0 Å². The largest absolute Gasteiger partial charge is 0.297 e. The van der Waals surface area contributed by atoms with Gasteiger partial charge in [0.05, 0.1) is 0 Å². The molecule has 0 N–H and O–H groups in total. The Bertz CT molecular complexity index is 158. The fraction of sp³-hybridized carbons (Fsp3) is 0.625. The van der Waals surface area contributed by atoms with Gasteiger partial charge in [0.15, 0.2) is 0 Å². The second-order valence-electron chi connectivity index (χ2n) is 2.87. The number of hydrogen-bond donors (Lipinski definition) is 0. The zero-order valence-electron chi connectivity index (χ0n) is 5.46. The van der Waals surface area contributed by atoms with E-state index >= 15 is 0 Å². The molecule has 0 aromatic carbocycles. The Labute approximate surface area is 55.5 Å². The molecule has 9 heavy (non-hydrogen) atoms. The van der Waals surface area contributed by atoms with E-state index in [1.807, 2.05) is 0 Å². The van der Waals surface area contributed by atoms with E-state index in [1.54, 1.807) is 0 Å². The van der Waals surface area contributed by atoms with Crippen molar-refractivity contribution < 1.29 is 0 Å². The Kier molecular flexibility index (Phi) is 1.15. The summed E-state index contributed by atoms with van der Waals surface area (Å²) in [5.74, 6) is 1.69. The summed E-state index contributed by atoms with van der Waals surface area (Å²) < 4.78 is 0. The average Bonchev–Trinajstić information content (AvgIpc) is 2.33. The minimum atomic E-state index is 0.836. The van der Waals surface area contributed by atoms with Crippen LogP contribution in [0, 0.1) is 11.8 Å². The highest BCUT2D eigenvalue weighted by Crippen LogP contribution is 2.29. The van der Waals surface area contributed by atoms with E-state index in [9.17, 15) is 0 Å². The topological polar surface area (TPSA) is 12.4 Å². The van der Waals surface area contributed by atoms with Gasteiger partial charge in [-0.15, -0.1) is 0 Å². The SMILES string of the molecule is C1=CC2CC=NCC2C1. The van der Waals surface area contributed by atoms with Crippen LogP contribution in [0.2, 0.25) is 0 Å². The first-order valence-electron chi connectivity index (χ1n) is 3.62. The third-order valence-electron chi connectivity index (χ3n) is 2.27. The lowest BCUT2D eigenvalue weighted by molar-refractivity contribution is 0.433. The van der Waals surface area contributed by atoms with E-state index < -0.39 is 0 Å². The van der Waals surface area contributed by atoms with Gasteiger partial charge in [-0.2, -0.15) is 0 Å². The van der Waals surface area contributed by atoms with E-state index in [1.165, 1.54) is 12.8 Å². The van der Waals surface area contributed by atoms with Crippen LogP contribution in [-0.2, 0) is 0 Å². The molecule has 0 radical (unpaired) electrons. The first-order chi connectivity index (χ1) is 4.47. The van der Waals surface area contributed by atoms with Crippen molar-refractivity contribution >= 4 is 6.21 Å². The Morgan fingerprint density at radius 1 is 1.33 bits per heavy atom. The minimum Gasteiger partial charge on any atom is -0.297 e. The molecule has 0 spiro atoms. The molecular formula is C8H11N. The highest BCUT2D eigenvalue weighted by Gasteiger charge is 2.23. The normalized spacial score (nSPS) is 39.1. The van der Waals surface area contributed by atoms with Gasteiger partial charge in [0.25, 0.3) is 0 Å². The smallest absolute Gasteiger partial charge is 0.0422 e. The molecule has 0 aromatic rings. The summed E-state index contributed by atoms with van der Waals surface area (Å²) in [6.45, 7) is 1.07. The van der Waals surface area contributed by atoms with Gasteiger partial charge in [0, 0.05) is 6.54 Å². The molecule has 1 nitrogen and oxygen atoms in total. The molecule has 0 amide bonds. The van der Waals surface area contributed by atoms with Gasteiger partial charge >= 0.3 is 0 Å². The molecule has 0 aromatic heterocycles. The van der Waals surface area contributed by atoms with E-state index in [2.05, 4.69) is 23.4 Å². The molecule has 1 aliphatic carbocycles. The summed E-state index contributed by atoms with van der Waals surface area (Å²) in [5, 5.41) is 0. The van der Waals surface area contributed by atoms with Gasteiger partial charge in [-0.3, -0.25) is 4.99 Å². The van der Waals surface area contributed by atoms with Crippen molar-refractivity contribution in [2.24, 2.45) is 16.8 Å². The zero-order chi connectivity index (χ0) is 6.10. The molecule has 1 heterocycles. The van der Waals surface area contributed by atoms with E-state index in [0.717, 1.165) is 18.4 Å². The summed E-state index contributed by atoms with van der Waals surface area (Å²) in [6, 6.07) is 0. The maximum absolute atomic E-state index is 4.25. The zero-order valence-corrected chi connectivity index (χ0v) is 5.46. The first-order valence-corrected chi connectivity index (χ1v) is 3.62. The highest BCUT2D eigenvalue weighted by molar-refractivity contribution is 5.59. The molecule has 0 saturated heterocycles. The first kappa shape index (κ1) is 5.21. The lowest BCUT2D eigenvalue weighted by atomic mass is 9.91. The van der Waals surface area contributed by atoms with E-state index in [4.69, 9.17) is 0 Å². The summed E-state index contributed by atoms with van der Waals surface area (Å²) in [7, 11) is 0. The van der Waals surface area contributed by atoms with Crippen LogP contribution in [-0.4, -0.2) is 12.8 Å². The maximum Gasteiger partial charge on any atom is 0.0422 e. The molecule has 2 rings (SSSR count). The molecule has 48 valence electrons. The molecule has 2 unspecified atom stereocenters.